The number of nitrogens with one attached hydrogen (secondary N) is 1. The van der Waals surface area contributed by atoms with Crippen LogP contribution in [0.1, 0.15) is 38.1 Å². The maximum atomic E-state index is 5.82. The quantitative estimate of drug-likeness (QED) is 0.941. The molecule has 1 fully saturated rings. The number of aromatic nitrogens is 3. The standard InChI is InChI=1S/C14H17ClN4O/c1-2-9-5-6-16-12(7-9)14-18-13(19-20-14)11-4-3-10(15)8-17-11/h3-4,8-9,12,16H,2,5-7H2,1H3. The highest BCUT2D eigenvalue weighted by Gasteiger charge is 2.26. The number of rotatable bonds is 3. The Labute approximate surface area is 122 Å². The van der Waals surface area contributed by atoms with Crippen LogP contribution < -0.4 is 5.32 Å². The zero-order valence-corrected chi connectivity index (χ0v) is 12.1. The number of hydrogen-bond acceptors (Lipinski definition) is 5. The van der Waals surface area contributed by atoms with E-state index in [4.69, 9.17) is 16.1 Å². The van der Waals surface area contributed by atoms with Crippen LogP contribution >= 0.6 is 11.6 Å². The zero-order chi connectivity index (χ0) is 13.9. The summed E-state index contributed by atoms with van der Waals surface area (Å²) in [5.74, 6) is 1.89. The maximum absolute atomic E-state index is 5.82. The lowest BCUT2D eigenvalue weighted by Crippen LogP contribution is -2.31. The van der Waals surface area contributed by atoms with Crippen LogP contribution in [0.5, 0.6) is 0 Å². The molecule has 0 spiro atoms. The monoisotopic (exact) mass is 292 g/mol. The summed E-state index contributed by atoms with van der Waals surface area (Å²) in [6, 6.07) is 3.72. The van der Waals surface area contributed by atoms with Crippen LogP contribution in [0.3, 0.4) is 0 Å². The Bertz CT molecular complexity index is 569. The van der Waals surface area contributed by atoms with Gasteiger partial charge < -0.3 is 9.84 Å². The van der Waals surface area contributed by atoms with Crippen molar-refractivity contribution in [2.75, 3.05) is 6.54 Å². The molecule has 5 nitrogen and oxygen atoms in total. The fourth-order valence-electron chi connectivity index (χ4n) is 2.54. The Kier molecular flexibility index (Phi) is 3.98. The summed E-state index contributed by atoms with van der Waals surface area (Å²) >= 11 is 5.82. The van der Waals surface area contributed by atoms with Gasteiger partial charge in [0.05, 0.1) is 11.1 Å². The summed E-state index contributed by atoms with van der Waals surface area (Å²) in [6.07, 6.45) is 5.04. The lowest BCUT2D eigenvalue weighted by Gasteiger charge is -2.27. The summed E-state index contributed by atoms with van der Waals surface area (Å²) in [6.45, 7) is 3.23. The Morgan fingerprint density at radius 3 is 3.10 bits per heavy atom. The van der Waals surface area contributed by atoms with Crippen molar-refractivity contribution < 1.29 is 4.52 Å². The van der Waals surface area contributed by atoms with Crippen LogP contribution in [0.4, 0.5) is 0 Å². The average Bonchev–Trinajstić information content (AvgIpc) is 2.98. The second-order valence-corrected chi connectivity index (χ2v) is 5.56. The molecule has 2 aromatic rings. The van der Waals surface area contributed by atoms with Gasteiger partial charge in [-0.05, 0) is 37.4 Å². The highest BCUT2D eigenvalue weighted by molar-refractivity contribution is 6.30. The van der Waals surface area contributed by atoms with Crippen molar-refractivity contribution in [2.45, 2.75) is 32.2 Å². The molecule has 2 atom stereocenters. The summed E-state index contributed by atoms with van der Waals surface area (Å²) in [4.78, 5) is 8.66. The molecule has 1 aliphatic heterocycles. The van der Waals surface area contributed by atoms with Gasteiger partial charge in [0.25, 0.3) is 0 Å². The van der Waals surface area contributed by atoms with E-state index in [1.807, 2.05) is 0 Å². The largest absolute Gasteiger partial charge is 0.337 e. The molecule has 1 N–H and O–H groups in total. The van der Waals surface area contributed by atoms with Gasteiger partial charge in [0.15, 0.2) is 0 Å². The molecule has 0 bridgehead atoms. The van der Waals surface area contributed by atoms with Crippen LogP contribution in [-0.2, 0) is 0 Å². The van der Waals surface area contributed by atoms with Crippen molar-refractivity contribution in [3.05, 3.63) is 29.2 Å². The molecule has 2 unspecified atom stereocenters. The van der Waals surface area contributed by atoms with Gasteiger partial charge in [0, 0.05) is 6.20 Å². The topological polar surface area (TPSA) is 63.8 Å². The second-order valence-electron chi connectivity index (χ2n) is 5.12. The molecule has 0 aliphatic carbocycles. The molecular formula is C14H17ClN4O. The highest BCUT2D eigenvalue weighted by atomic mass is 35.5. The van der Waals surface area contributed by atoms with E-state index in [1.165, 1.54) is 12.8 Å². The summed E-state index contributed by atoms with van der Waals surface area (Å²) in [7, 11) is 0. The third-order valence-corrected chi connectivity index (χ3v) is 4.01. The number of nitrogens with zero attached hydrogens (tertiary/aromatic N) is 3. The first kappa shape index (κ1) is 13.5. The fraction of sp³-hybridized carbons (Fsp3) is 0.500. The van der Waals surface area contributed by atoms with Crippen molar-refractivity contribution in [3.8, 4) is 11.5 Å². The Balaban J connectivity index is 1.78. The Morgan fingerprint density at radius 1 is 1.45 bits per heavy atom. The van der Waals surface area contributed by atoms with Crippen molar-refractivity contribution >= 4 is 11.6 Å². The number of piperidine rings is 1. The molecule has 0 saturated carbocycles. The second kappa shape index (κ2) is 5.89. The van der Waals surface area contributed by atoms with Crippen LogP contribution in [0.15, 0.2) is 22.9 Å². The number of pyridine rings is 1. The van der Waals surface area contributed by atoms with E-state index >= 15 is 0 Å². The van der Waals surface area contributed by atoms with Gasteiger partial charge in [-0.2, -0.15) is 4.98 Å². The van der Waals surface area contributed by atoms with E-state index in [2.05, 4.69) is 27.4 Å². The lowest BCUT2D eigenvalue weighted by molar-refractivity contribution is 0.246. The van der Waals surface area contributed by atoms with Crippen molar-refractivity contribution in [1.82, 2.24) is 20.4 Å². The van der Waals surface area contributed by atoms with Gasteiger partial charge in [-0.15, -0.1) is 0 Å². The van der Waals surface area contributed by atoms with Gasteiger partial charge in [-0.3, -0.25) is 4.98 Å². The number of hydrogen-bond donors (Lipinski definition) is 1. The third kappa shape index (κ3) is 2.83. The van der Waals surface area contributed by atoms with E-state index < -0.39 is 0 Å². The van der Waals surface area contributed by atoms with E-state index in [9.17, 15) is 0 Å². The van der Waals surface area contributed by atoms with Crippen LogP contribution in [0.25, 0.3) is 11.5 Å². The fourth-order valence-corrected chi connectivity index (χ4v) is 2.66. The lowest BCUT2D eigenvalue weighted by atomic mass is 9.90. The Morgan fingerprint density at radius 2 is 2.35 bits per heavy atom. The third-order valence-electron chi connectivity index (χ3n) is 3.79. The van der Waals surface area contributed by atoms with Gasteiger partial charge >= 0.3 is 0 Å². The molecule has 0 amide bonds. The normalized spacial score (nSPS) is 22.9. The molecule has 3 rings (SSSR count). The molecule has 106 valence electrons. The van der Waals surface area contributed by atoms with Crippen LogP contribution in [0.2, 0.25) is 5.02 Å². The smallest absolute Gasteiger partial charge is 0.244 e. The first-order valence-corrected chi connectivity index (χ1v) is 7.33. The van der Waals surface area contributed by atoms with E-state index in [-0.39, 0.29) is 6.04 Å². The first-order valence-electron chi connectivity index (χ1n) is 6.95. The van der Waals surface area contributed by atoms with Gasteiger partial charge in [0.1, 0.15) is 5.69 Å². The Hall–Kier alpha value is -1.46. The predicted molar refractivity (Wildman–Crippen MR) is 76.3 cm³/mol. The first-order chi connectivity index (χ1) is 9.76. The zero-order valence-electron chi connectivity index (χ0n) is 11.3. The van der Waals surface area contributed by atoms with Gasteiger partial charge in [0.2, 0.25) is 11.7 Å². The minimum Gasteiger partial charge on any atom is -0.337 e. The molecule has 0 aromatic carbocycles. The molecule has 1 aliphatic rings. The van der Waals surface area contributed by atoms with Gasteiger partial charge in [-0.25, -0.2) is 0 Å². The molecule has 20 heavy (non-hydrogen) atoms. The van der Waals surface area contributed by atoms with E-state index in [0.29, 0.717) is 22.4 Å². The predicted octanol–water partition coefficient (Wildman–Crippen LogP) is 3.24. The molecule has 1 saturated heterocycles. The SMILES string of the molecule is CCC1CCNC(c2nc(-c3ccc(Cl)cn3)no2)C1. The maximum Gasteiger partial charge on any atom is 0.244 e. The minimum absolute atomic E-state index is 0.155. The highest BCUT2D eigenvalue weighted by Crippen LogP contribution is 2.29. The van der Waals surface area contributed by atoms with Crippen LogP contribution in [-0.4, -0.2) is 21.7 Å². The summed E-state index contributed by atoms with van der Waals surface area (Å²) in [5, 5.41) is 8.04. The van der Waals surface area contributed by atoms with E-state index in [1.54, 1.807) is 18.3 Å². The summed E-state index contributed by atoms with van der Waals surface area (Å²) < 4.78 is 5.39. The summed E-state index contributed by atoms with van der Waals surface area (Å²) in [5.41, 5.74) is 0.673. The molecule has 2 aromatic heterocycles. The molecular weight excluding hydrogens is 276 g/mol. The van der Waals surface area contributed by atoms with E-state index in [0.717, 1.165) is 18.9 Å². The van der Waals surface area contributed by atoms with Crippen molar-refractivity contribution in [3.63, 3.8) is 0 Å². The molecule has 6 heteroatoms. The van der Waals surface area contributed by atoms with Crippen LogP contribution in [0, 0.1) is 5.92 Å². The minimum atomic E-state index is 0.155. The van der Waals surface area contributed by atoms with Crippen molar-refractivity contribution in [1.29, 1.82) is 0 Å². The molecule has 3 heterocycles. The van der Waals surface area contributed by atoms with Crippen molar-refractivity contribution in [2.24, 2.45) is 5.92 Å². The molecule has 0 radical (unpaired) electrons. The van der Waals surface area contributed by atoms with Gasteiger partial charge in [-0.1, -0.05) is 30.1 Å². The average molecular weight is 293 g/mol. The number of halogens is 1.